The van der Waals surface area contributed by atoms with Crippen LogP contribution in [0.25, 0.3) is 0 Å². The summed E-state index contributed by atoms with van der Waals surface area (Å²) < 4.78 is 6.73. The highest BCUT2D eigenvalue weighted by atomic mass is 79.9. The number of ether oxygens (including phenoxy) is 1. The number of anilines is 2. The second-order valence-electron chi connectivity index (χ2n) is 5.06. The predicted octanol–water partition coefficient (Wildman–Crippen LogP) is 4.99. The monoisotopic (exact) mass is 348 g/mol. The number of hydrogen-bond donors (Lipinski definition) is 2. The molecule has 2 aromatic rings. The van der Waals surface area contributed by atoms with Crippen LogP contribution < -0.4 is 15.8 Å². The Morgan fingerprint density at radius 1 is 1.24 bits per heavy atom. The molecule has 112 valence electrons. The van der Waals surface area contributed by atoms with Crippen LogP contribution in [0.3, 0.4) is 0 Å². The van der Waals surface area contributed by atoms with Gasteiger partial charge in [0.05, 0.1) is 6.61 Å². The number of nitrogens with two attached hydrogens (primary N) is 1. The van der Waals surface area contributed by atoms with Crippen molar-refractivity contribution in [2.24, 2.45) is 0 Å². The standard InChI is InChI=1S/C17H21BrN2O/c1-3-7-21-17-10-15(19)9-16(11-17)20-12(2)13-5-4-6-14(18)8-13/h4-6,8-12,20H,3,7,19H2,1-2H3. The molecule has 1 atom stereocenters. The molecule has 0 saturated carbocycles. The Morgan fingerprint density at radius 2 is 2.05 bits per heavy atom. The molecule has 3 N–H and O–H groups in total. The molecular formula is C17H21BrN2O. The molecule has 0 aliphatic rings. The van der Waals surface area contributed by atoms with Crippen LogP contribution in [0, 0.1) is 0 Å². The van der Waals surface area contributed by atoms with Crippen LogP contribution in [0.15, 0.2) is 46.9 Å². The molecule has 0 bridgehead atoms. The zero-order valence-electron chi connectivity index (χ0n) is 12.4. The highest BCUT2D eigenvalue weighted by molar-refractivity contribution is 9.10. The predicted molar refractivity (Wildman–Crippen MR) is 92.8 cm³/mol. The summed E-state index contributed by atoms with van der Waals surface area (Å²) in [6, 6.07) is 14.2. The first-order valence-corrected chi connectivity index (χ1v) is 7.93. The Kier molecular flexibility index (Phi) is 5.51. The Bertz CT molecular complexity index is 601. The van der Waals surface area contributed by atoms with Gasteiger partial charge in [0.1, 0.15) is 5.75 Å². The first kappa shape index (κ1) is 15.7. The van der Waals surface area contributed by atoms with Gasteiger partial charge in [0.2, 0.25) is 0 Å². The molecule has 0 spiro atoms. The minimum atomic E-state index is 0.184. The third kappa shape index (κ3) is 4.67. The van der Waals surface area contributed by atoms with E-state index in [-0.39, 0.29) is 6.04 Å². The van der Waals surface area contributed by atoms with Gasteiger partial charge in [0, 0.05) is 34.0 Å². The van der Waals surface area contributed by atoms with Crippen LogP contribution in [0.1, 0.15) is 31.9 Å². The van der Waals surface area contributed by atoms with Crippen LogP contribution in [-0.4, -0.2) is 6.61 Å². The summed E-state index contributed by atoms with van der Waals surface area (Å²) in [5.41, 5.74) is 8.82. The number of benzene rings is 2. The molecule has 3 nitrogen and oxygen atoms in total. The summed E-state index contributed by atoms with van der Waals surface area (Å²) in [4.78, 5) is 0. The van der Waals surface area contributed by atoms with Crippen molar-refractivity contribution < 1.29 is 4.74 Å². The van der Waals surface area contributed by atoms with Crippen molar-refractivity contribution in [3.8, 4) is 5.75 Å². The summed E-state index contributed by atoms with van der Waals surface area (Å²) in [5.74, 6) is 0.806. The molecule has 21 heavy (non-hydrogen) atoms. The van der Waals surface area contributed by atoms with Crippen LogP contribution in [0.2, 0.25) is 0 Å². The van der Waals surface area contributed by atoms with E-state index in [9.17, 15) is 0 Å². The number of nitrogen functional groups attached to an aromatic ring is 1. The van der Waals surface area contributed by atoms with E-state index in [1.165, 1.54) is 5.56 Å². The second-order valence-corrected chi connectivity index (χ2v) is 5.98. The lowest BCUT2D eigenvalue weighted by Gasteiger charge is -2.17. The van der Waals surface area contributed by atoms with Crippen molar-refractivity contribution in [2.75, 3.05) is 17.7 Å². The topological polar surface area (TPSA) is 47.3 Å². The van der Waals surface area contributed by atoms with Crippen LogP contribution in [0.4, 0.5) is 11.4 Å². The molecule has 0 radical (unpaired) electrons. The van der Waals surface area contributed by atoms with Crippen molar-refractivity contribution in [1.29, 1.82) is 0 Å². The van der Waals surface area contributed by atoms with Crippen LogP contribution in [-0.2, 0) is 0 Å². The molecule has 0 aromatic heterocycles. The summed E-state index contributed by atoms with van der Waals surface area (Å²) in [6.07, 6.45) is 0.978. The van der Waals surface area contributed by atoms with E-state index < -0.39 is 0 Å². The normalized spacial score (nSPS) is 12.0. The summed E-state index contributed by atoms with van der Waals surface area (Å²) in [5, 5.41) is 3.46. The first-order valence-electron chi connectivity index (χ1n) is 7.14. The molecule has 2 rings (SSSR count). The molecule has 0 aliphatic carbocycles. The molecule has 0 aliphatic heterocycles. The summed E-state index contributed by atoms with van der Waals surface area (Å²) in [7, 11) is 0. The van der Waals surface area contributed by atoms with E-state index in [1.54, 1.807) is 0 Å². The Balaban J connectivity index is 2.13. The zero-order chi connectivity index (χ0) is 15.2. The highest BCUT2D eigenvalue weighted by Gasteiger charge is 2.07. The van der Waals surface area contributed by atoms with Gasteiger partial charge in [-0.3, -0.25) is 0 Å². The molecule has 0 amide bonds. The van der Waals surface area contributed by atoms with E-state index >= 15 is 0 Å². The van der Waals surface area contributed by atoms with Crippen molar-refractivity contribution in [3.63, 3.8) is 0 Å². The number of rotatable bonds is 6. The van der Waals surface area contributed by atoms with Crippen molar-refractivity contribution in [1.82, 2.24) is 0 Å². The first-order chi connectivity index (χ1) is 10.1. The average Bonchev–Trinajstić information content (AvgIpc) is 2.44. The maximum Gasteiger partial charge on any atom is 0.123 e. The maximum atomic E-state index is 5.94. The van der Waals surface area contributed by atoms with Gasteiger partial charge >= 0.3 is 0 Å². The highest BCUT2D eigenvalue weighted by Crippen LogP contribution is 2.27. The van der Waals surface area contributed by atoms with E-state index in [0.717, 1.165) is 22.3 Å². The minimum absolute atomic E-state index is 0.184. The lowest BCUT2D eigenvalue weighted by atomic mass is 10.1. The van der Waals surface area contributed by atoms with Gasteiger partial charge in [0.25, 0.3) is 0 Å². The van der Waals surface area contributed by atoms with Gasteiger partial charge < -0.3 is 15.8 Å². The fourth-order valence-electron chi connectivity index (χ4n) is 2.12. The smallest absolute Gasteiger partial charge is 0.123 e. The lowest BCUT2D eigenvalue weighted by molar-refractivity contribution is 0.318. The minimum Gasteiger partial charge on any atom is -0.493 e. The maximum absolute atomic E-state index is 5.94. The van der Waals surface area contributed by atoms with Crippen molar-refractivity contribution >= 4 is 27.3 Å². The lowest BCUT2D eigenvalue weighted by Crippen LogP contribution is -2.07. The molecule has 0 fully saturated rings. The van der Waals surface area contributed by atoms with Crippen molar-refractivity contribution in [3.05, 3.63) is 52.5 Å². The van der Waals surface area contributed by atoms with E-state index in [4.69, 9.17) is 10.5 Å². The number of nitrogens with one attached hydrogen (secondary N) is 1. The van der Waals surface area contributed by atoms with E-state index in [1.807, 2.05) is 30.3 Å². The van der Waals surface area contributed by atoms with Gasteiger partial charge in [-0.1, -0.05) is 35.0 Å². The average molecular weight is 349 g/mol. The quantitative estimate of drug-likeness (QED) is 0.722. The third-order valence-electron chi connectivity index (χ3n) is 3.13. The SMILES string of the molecule is CCCOc1cc(N)cc(NC(C)c2cccc(Br)c2)c1. The zero-order valence-corrected chi connectivity index (χ0v) is 14.0. The largest absolute Gasteiger partial charge is 0.493 e. The number of halogens is 1. The molecule has 0 heterocycles. The van der Waals surface area contributed by atoms with Gasteiger partial charge in [-0.15, -0.1) is 0 Å². The van der Waals surface area contributed by atoms with Crippen LogP contribution in [0.5, 0.6) is 5.75 Å². The van der Waals surface area contributed by atoms with E-state index in [0.29, 0.717) is 12.3 Å². The van der Waals surface area contributed by atoms with Gasteiger partial charge in [0.15, 0.2) is 0 Å². The molecule has 1 unspecified atom stereocenters. The fraction of sp³-hybridized carbons (Fsp3) is 0.294. The summed E-state index contributed by atoms with van der Waals surface area (Å²) >= 11 is 3.50. The molecular weight excluding hydrogens is 328 g/mol. The third-order valence-corrected chi connectivity index (χ3v) is 3.63. The Labute approximate surface area is 134 Å². The second kappa shape index (κ2) is 7.36. The summed E-state index contributed by atoms with van der Waals surface area (Å²) in [6.45, 7) is 4.91. The van der Waals surface area contributed by atoms with Gasteiger partial charge in [-0.25, -0.2) is 0 Å². The van der Waals surface area contributed by atoms with Crippen molar-refractivity contribution in [2.45, 2.75) is 26.3 Å². The van der Waals surface area contributed by atoms with E-state index in [2.05, 4.69) is 47.2 Å². The van der Waals surface area contributed by atoms with Gasteiger partial charge in [-0.2, -0.15) is 0 Å². The molecule has 0 saturated heterocycles. The fourth-order valence-corrected chi connectivity index (χ4v) is 2.53. The molecule has 2 aromatic carbocycles. The molecule has 4 heteroatoms. The van der Waals surface area contributed by atoms with Gasteiger partial charge in [-0.05, 0) is 37.1 Å². The Morgan fingerprint density at radius 3 is 2.76 bits per heavy atom. The Hall–Kier alpha value is -1.68. The van der Waals surface area contributed by atoms with Crippen LogP contribution >= 0.6 is 15.9 Å². The number of hydrogen-bond acceptors (Lipinski definition) is 3.